The SMILES string of the molecule is C=CCN(C1CC1)S(=O)(=O)Cc1ccc(C#N)cc1. The van der Waals surface area contributed by atoms with E-state index in [1.165, 1.54) is 4.31 Å². The number of sulfonamides is 1. The summed E-state index contributed by atoms with van der Waals surface area (Å²) in [4.78, 5) is 0. The number of nitrogens with zero attached hydrogens (tertiary/aromatic N) is 2. The van der Waals surface area contributed by atoms with Crippen LogP contribution in [0.2, 0.25) is 0 Å². The molecule has 0 heterocycles. The van der Waals surface area contributed by atoms with Crippen LogP contribution in [0.3, 0.4) is 0 Å². The highest BCUT2D eigenvalue weighted by Gasteiger charge is 2.36. The smallest absolute Gasteiger partial charge is 0.212 e. The molecule has 0 unspecified atom stereocenters. The second kappa shape index (κ2) is 5.55. The van der Waals surface area contributed by atoms with Crippen molar-refractivity contribution in [3.8, 4) is 6.07 Å². The van der Waals surface area contributed by atoms with E-state index >= 15 is 0 Å². The topological polar surface area (TPSA) is 61.2 Å². The Hall–Kier alpha value is -1.64. The quantitative estimate of drug-likeness (QED) is 0.747. The molecule has 1 aliphatic carbocycles. The van der Waals surface area contributed by atoms with Gasteiger partial charge in [0.2, 0.25) is 10.0 Å². The summed E-state index contributed by atoms with van der Waals surface area (Å²) >= 11 is 0. The zero-order valence-electron chi connectivity index (χ0n) is 10.6. The maximum atomic E-state index is 12.3. The molecule has 1 aromatic rings. The monoisotopic (exact) mass is 276 g/mol. The Morgan fingerprint density at radius 2 is 2.00 bits per heavy atom. The van der Waals surface area contributed by atoms with Crippen molar-refractivity contribution in [1.82, 2.24) is 4.31 Å². The molecule has 0 saturated heterocycles. The van der Waals surface area contributed by atoms with Gasteiger partial charge in [-0.2, -0.15) is 9.57 Å². The van der Waals surface area contributed by atoms with Crippen molar-refractivity contribution >= 4 is 10.0 Å². The van der Waals surface area contributed by atoms with Crippen LogP contribution in [0.4, 0.5) is 0 Å². The third-order valence-electron chi connectivity index (χ3n) is 3.05. The summed E-state index contributed by atoms with van der Waals surface area (Å²) in [6, 6.07) is 8.81. The summed E-state index contributed by atoms with van der Waals surface area (Å²) in [5, 5.41) is 8.71. The van der Waals surface area contributed by atoms with Gasteiger partial charge >= 0.3 is 0 Å². The molecule has 2 rings (SSSR count). The van der Waals surface area contributed by atoms with Gasteiger partial charge in [-0.3, -0.25) is 0 Å². The van der Waals surface area contributed by atoms with Crippen molar-refractivity contribution in [3.63, 3.8) is 0 Å². The van der Waals surface area contributed by atoms with Crippen molar-refractivity contribution < 1.29 is 8.42 Å². The van der Waals surface area contributed by atoms with Crippen molar-refractivity contribution in [2.24, 2.45) is 0 Å². The zero-order valence-corrected chi connectivity index (χ0v) is 11.4. The highest BCUT2D eigenvalue weighted by atomic mass is 32.2. The average Bonchev–Trinajstić information content (AvgIpc) is 3.20. The van der Waals surface area contributed by atoms with Crippen molar-refractivity contribution in [2.75, 3.05) is 6.54 Å². The van der Waals surface area contributed by atoms with E-state index in [1.54, 1.807) is 30.3 Å². The van der Waals surface area contributed by atoms with Crippen LogP contribution in [-0.4, -0.2) is 25.3 Å². The molecular weight excluding hydrogens is 260 g/mol. The molecule has 0 aromatic heterocycles. The van der Waals surface area contributed by atoms with Crippen molar-refractivity contribution in [3.05, 3.63) is 48.0 Å². The van der Waals surface area contributed by atoms with Crippen LogP contribution in [0.1, 0.15) is 24.0 Å². The molecule has 0 atom stereocenters. The van der Waals surface area contributed by atoms with E-state index in [0.29, 0.717) is 17.7 Å². The predicted octanol–water partition coefficient (Wildman–Crippen LogP) is 2.04. The van der Waals surface area contributed by atoms with Crippen LogP contribution in [0.15, 0.2) is 36.9 Å². The van der Waals surface area contributed by atoms with E-state index in [1.807, 2.05) is 6.07 Å². The Balaban J connectivity index is 2.14. The minimum atomic E-state index is -3.31. The molecule has 1 saturated carbocycles. The molecule has 1 fully saturated rings. The summed E-state index contributed by atoms with van der Waals surface area (Å²) in [6.45, 7) is 3.98. The third kappa shape index (κ3) is 3.43. The Morgan fingerprint density at radius 3 is 2.47 bits per heavy atom. The van der Waals surface area contributed by atoms with E-state index in [0.717, 1.165) is 12.8 Å². The molecule has 1 aliphatic rings. The second-order valence-electron chi connectivity index (χ2n) is 4.65. The first-order valence-corrected chi connectivity index (χ1v) is 7.77. The Morgan fingerprint density at radius 1 is 1.37 bits per heavy atom. The molecule has 100 valence electrons. The molecule has 1 aromatic carbocycles. The average molecular weight is 276 g/mol. The molecule has 19 heavy (non-hydrogen) atoms. The van der Waals surface area contributed by atoms with Gasteiger partial charge < -0.3 is 0 Å². The van der Waals surface area contributed by atoms with Gasteiger partial charge in [0.15, 0.2) is 0 Å². The highest BCUT2D eigenvalue weighted by Crippen LogP contribution is 2.30. The number of hydrogen-bond acceptors (Lipinski definition) is 3. The van der Waals surface area contributed by atoms with Gasteiger partial charge in [0, 0.05) is 12.6 Å². The minimum Gasteiger partial charge on any atom is -0.212 e. The summed E-state index contributed by atoms with van der Waals surface area (Å²) in [6.07, 6.45) is 3.48. The fourth-order valence-electron chi connectivity index (χ4n) is 1.95. The molecule has 4 nitrogen and oxygen atoms in total. The highest BCUT2D eigenvalue weighted by molar-refractivity contribution is 7.88. The Labute approximate surface area is 114 Å². The summed E-state index contributed by atoms with van der Waals surface area (Å²) in [5.41, 5.74) is 1.24. The van der Waals surface area contributed by atoms with Gasteiger partial charge in [0.05, 0.1) is 17.4 Å². The van der Waals surface area contributed by atoms with E-state index < -0.39 is 10.0 Å². The Kier molecular flexibility index (Phi) is 4.03. The summed E-state index contributed by atoms with van der Waals surface area (Å²) in [7, 11) is -3.31. The molecule has 0 amide bonds. The lowest BCUT2D eigenvalue weighted by atomic mass is 10.2. The first kappa shape index (κ1) is 13.8. The first-order valence-electron chi connectivity index (χ1n) is 6.16. The summed E-state index contributed by atoms with van der Waals surface area (Å²) in [5.74, 6) is -0.0248. The molecule has 0 bridgehead atoms. The van der Waals surface area contributed by atoms with Crippen molar-refractivity contribution in [1.29, 1.82) is 5.26 Å². The molecule has 0 aliphatic heterocycles. The molecule has 0 radical (unpaired) electrons. The number of benzene rings is 1. The molecule has 0 N–H and O–H groups in total. The lowest BCUT2D eigenvalue weighted by Crippen LogP contribution is -2.34. The van der Waals surface area contributed by atoms with E-state index in [4.69, 9.17) is 5.26 Å². The molecule has 5 heteroatoms. The second-order valence-corrected chi connectivity index (χ2v) is 6.58. The summed E-state index contributed by atoms with van der Waals surface area (Å²) < 4.78 is 26.2. The zero-order chi connectivity index (χ0) is 13.9. The predicted molar refractivity (Wildman–Crippen MR) is 73.7 cm³/mol. The van der Waals surface area contributed by atoms with Gasteiger partial charge in [-0.15, -0.1) is 6.58 Å². The number of rotatable bonds is 6. The van der Waals surface area contributed by atoms with E-state index in [-0.39, 0.29) is 11.8 Å². The van der Waals surface area contributed by atoms with Gasteiger partial charge in [0.1, 0.15) is 0 Å². The lowest BCUT2D eigenvalue weighted by Gasteiger charge is -2.20. The van der Waals surface area contributed by atoms with Crippen LogP contribution in [0.5, 0.6) is 0 Å². The van der Waals surface area contributed by atoms with Crippen LogP contribution in [0.25, 0.3) is 0 Å². The maximum absolute atomic E-state index is 12.3. The maximum Gasteiger partial charge on any atom is 0.218 e. The van der Waals surface area contributed by atoms with Gasteiger partial charge in [-0.1, -0.05) is 18.2 Å². The third-order valence-corrected chi connectivity index (χ3v) is 4.91. The van der Waals surface area contributed by atoms with Crippen LogP contribution >= 0.6 is 0 Å². The minimum absolute atomic E-state index is 0.0248. The first-order chi connectivity index (χ1) is 9.06. The van der Waals surface area contributed by atoms with E-state index in [9.17, 15) is 8.42 Å². The Bertz CT molecular complexity index is 595. The van der Waals surface area contributed by atoms with E-state index in [2.05, 4.69) is 6.58 Å². The normalized spacial score (nSPS) is 15.2. The number of nitriles is 1. The number of hydrogen-bond donors (Lipinski definition) is 0. The van der Waals surface area contributed by atoms with Crippen LogP contribution in [0, 0.1) is 11.3 Å². The van der Waals surface area contributed by atoms with Gasteiger partial charge in [-0.05, 0) is 30.5 Å². The van der Waals surface area contributed by atoms with Crippen LogP contribution in [-0.2, 0) is 15.8 Å². The standard InChI is InChI=1S/C14H16N2O2S/c1-2-9-16(14-7-8-14)19(17,18)11-13-5-3-12(10-15)4-6-13/h2-6,14H,1,7-9,11H2. The lowest BCUT2D eigenvalue weighted by molar-refractivity contribution is 0.435. The van der Waals surface area contributed by atoms with Crippen molar-refractivity contribution in [2.45, 2.75) is 24.6 Å². The molecular formula is C14H16N2O2S. The molecule has 0 spiro atoms. The fraction of sp³-hybridized carbons (Fsp3) is 0.357. The van der Waals surface area contributed by atoms with Gasteiger partial charge in [-0.25, -0.2) is 8.42 Å². The van der Waals surface area contributed by atoms with Crippen LogP contribution < -0.4 is 0 Å². The van der Waals surface area contributed by atoms with Gasteiger partial charge in [0.25, 0.3) is 0 Å². The largest absolute Gasteiger partial charge is 0.218 e. The fourth-order valence-corrected chi connectivity index (χ4v) is 3.73.